The number of likely N-dealkylation sites (N-methyl/N-ethyl adjacent to an activating group) is 1. The molecule has 0 aromatic heterocycles. The maximum Gasteiger partial charge on any atom is 0.0593 e. The van der Waals surface area contributed by atoms with E-state index in [-0.39, 0.29) is 5.54 Å². The third-order valence-electron chi connectivity index (χ3n) is 4.74. The van der Waals surface area contributed by atoms with Gasteiger partial charge in [-0.05, 0) is 45.6 Å². The maximum absolute atomic E-state index is 6.17. The summed E-state index contributed by atoms with van der Waals surface area (Å²) in [6.45, 7) is 10.8. The quantitative estimate of drug-likeness (QED) is 0.773. The summed E-state index contributed by atoms with van der Waals surface area (Å²) < 4.78 is 5.90. The van der Waals surface area contributed by atoms with Crippen molar-refractivity contribution in [3.8, 4) is 0 Å². The molecule has 3 unspecified atom stereocenters. The Labute approximate surface area is 119 Å². The van der Waals surface area contributed by atoms with Crippen molar-refractivity contribution in [2.24, 2.45) is 11.7 Å². The van der Waals surface area contributed by atoms with Crippen molar-refractivity contribution in [3.05, 3.63) is 0 Å². The van der Waals surface area contributed by atoms with Gasteiger partial charge in [-0.25, -0.2) is 0 Å². The van der Waals surface area contributed by atoms with Crippen molar-refractivity contribution >= 4 is 0 Å². The first-order chi connectivity index (χ1) is 8.95. The van der Waals surface area contributed by atoms with Gasteiger partial charge in [-0.1, -0.05) is 27.2 Å². The Morgan fingerprint density at radius 1 is 1.37 bits per heavy atom. The van der Waals surface area contributed by atoms with E-state index in [4.69, 9.17) is 10.5 Å². The summed E-state index contributed by atoms with van der Waals surface area (Å²) in [4.78, 5) is 2.54. The minimum atomic E-state index is 0.145. The molecule has 1 heterocycles. The van der Waals surface area contributed by atoms with Crippen LogP contribution in [0.5, 0.6) is 0 Å². The zero-order valence-corrected chi connectivity index (χ0v) is 13.6. The van der Waals surface area contributed by atoms with Gasteiger partial charge >= 0.3 is 0 Å². The molecule has 1 rings (SSSR count). The van der Waals surface area contributed by atoms with E-state index in [9.17, 15) is 0 Å². The van der Waals surface area contributed by atoms with Gasteiger partial charge in [0, 0.05) is 24.7 Å². The van der Waals surface area contributed by atoms with Crippen LogP contribution in [0.2, 0.25) is 0 Å². The molecule has 0 aliphatic carbocycles. The topological polar surface area (TPSA) is 38.5 Å². The molecule has 3 nitrogen and oxygen atoms in total. The smallest absolute Gasteiger partial charge is 0.0593 e. The highest BCUT2D eigenvalue weighted by Gasteiger charge is 2.40. The van der Waals surface area contributed by atoms with Gasteiger partial charge in [-0.15, -0.1) is 0 Å². The molecule has 0 radical (unpaired) electrons. The van der Waals surface area contributed by atoms with Gasteiger partial charge in [0.05, 0.1) is 6.10 Å². The van der Waals surface area contributed by atoms with E-state index in [0.29, 0.717) is 12.1 Å². The fourth-order valence-electron chi connectivity index (χ4n) is 3.47. The molecule has 19 heavy (non-hydrogen) atoms. The van der Waals surface area contributed by atoms with Gasteiger partial charge in [-0.3, -0.25) is 4.90 Å². The lowest BCUT2D eigenvalue weighted by Crippen LogP contribution is -2.59. The molecular weight excluding hydrogens is 236 g/mol. The van der Waals surface area contributed by atoms with Gasteiger partial charge in [-0.2, -0.15) is 0 Å². The number of hydrogen-bond donors (Lipinski definition) is 1. The lowest BCUT2D eigenvalue weighted by atomic mass is 9.82. The minimum absolute atomic E-state index is 0.145. The van der Waals surface area contributed by atoms with E-state index >= 15 is 0 Å². The van der Waals surface area contributed by atoms with E-state index in [1.54, 1.807) is 0 Å². The van der Waals surface area contributed by atoms with Crippen LogP contribution in [0, 0.1) is 5.92 Å². The molecule has 3 atom stereocenters. The lowest BCUT2D eigenvalue weighted by Gasteiger charge is -2.49. The molecule has 1 aliphatic heterocycles. The zero-order chi connectivity index (χ0) is 14.5. The van der Waals surface area contributed by atoms with Crippen molar-refractivity contribution in [2.75, 3.05) is 20.2 Å². The van der Waals surface area contributed by atoms with E-state index in [1.165, 1.54) is 12.8 Å². The summed E-state index contributed by atoms with van der Waals surface area (Å²) in [7, 11) is 2.26. The molecule has 114 valence electrons. The predicted octanol–water partition coefficient (Wildman–Crippen LogP) is 3.03. The van der Waals surface area contributed by atoms with Crippen LogP contribution in [0.3, 0.4) is 0 Å². The molecule has 1 fully saturated rings. The summed E-state index contributed by atoms with van der Waals surface area (Å²) in [5.74, 6) is 0.735. The van der Waals surface area contributed by atoms with Crippen LogP contribution in [-0.4, -0.2) is 42.8 Å². The van der Waals surface area contributed by atoms with Crippen molar-refractivity contribution in [1.29, 1.82) is 0 Å². The molecule has 1 saturated heterocycles. The number of nitrogens with two attached hydrogens (primary N) is 1. The average molecular weight is 270 g/mol. The first-order valence-electron chi connectivity index (χ1n) is 7.99. The normalized spacial score (nSPS) is 30.0. The highest BCUT2D eigenvalue weighted by Crippen LogP contribution is 2.33. The molecule has 0 saturated carbocycles. The molecule has 1 aliphatic rings. The van der Waals surface area contributed by atoms with Crippen LogP contribution in [0.4, 0.5) is 0 Å². The highest BCUT2D eigenvalue weighted by molar-refractivity contribution is 4.97. The fraction of sp³-hybridized carbons (Fsp3) is 1.00. The Hall–Kier alpha value is -0.120. The molecular formula is C16H34N2O. The molecule has 0 amide bonds. The second kappa shape index (κ2) is 7.61. The Balaban J connectivity index is 2.72. The molecule has 0 spiro atoms. The largest absolute Gasteiger partial charge is 0.378 e. The van der Waals surface area contributed by atoms with Gasteiger partial charge in [0.1, 0.15) is 0 Å². The first-order valence-corrected chi connectivity index (χ1v) is 7.99. The van der Waals surface area contributed by atoms with Crippen molar-refractivity contribution in [2.45, 2.75) is 77.5 Å². The number of nitrogens with zero attached hydrogens (tertiary/aromatic N) is 1. The summed E-state index contributed by atoms with van der Waals surface area (Å²) in [6, 6.07) is 0.587. The predicted molar refractivity (Wildman–Crippen MR) is 82.3 cm³/mol. The third-order valence-corrected chi connectivity index (χ3v) is 4.74. The van der Waals surface area contributed by atoms with Crippen molar-refractivity contribution in [1.82, 2.24) is 4.90 Å². The van der Waals surface area contributed by atoms with Crippen LogP contribution in [-0.2, 0) is 4.74 Å². The van der Waals surface area contributed by atoms with E-state index < -0.39 is 0 Å². The monoisotopic (exact) mass is 270 g/mol. The third kappa shape index (κ3) is 4.44. The Bertz CT molecular complexity index is 255. The van der Waals surface area contributed by atoms with Crippen LogP contribution in [0.15, 0.2) is 0 Å². The van der Waals surface area contributed by atoms with Crippen LogP contribution < -0.4 is 5.73 Å². The molecule has 2 N–H and O–H groups in total. The van der Waals surface area contributed by atoms with Gasteiger partial charge in [0.25, 0.3) is 0 Å². The zero-order valence-electron chi connectivity index (χ0n) is 13.6. The molecule has 3 heteroatoms. The van der Waals surface area contributed by atoms with Crippen molar-refractivity contribution in [3.63, 3.8) is 0 Å². The Kier molecular flexibility index (Phi) is 6.78. The van der Waals surface area contributed by atoms with Crippen LogP contribution >= 0.6 is 0 Å². The molecule has 0 bridgehead atoms. The summed E-state index contributed by atoms with van der Waals surface area (Å²) in [5.41, 5.74) is 6.31. The maximum atomic E-state index is 6.17. The SMILES string of the molecule is CCCC1CC(CN)(N(C)C(C)CC(C)C)CCO1. The summed E-state index contributed by atoms with van der Waals surface area (Å²) >= 11 is 0. The van der Waals surface area contributed by atoms with Gasteiger partial charge < -0.3 is 10.5 Å². The second-order valence-electron chi connectivity index (χ2n) is 6.75. The Morgan fingerprint density at radius 3 is 2.58 bits per heavy atom. The van der Waals surface area contributed by atoms with E-state index in [2.05, 4.69) is 39.6 Å². The van der Waals surface area contributed by atoms with Crippen LogP contribution in [0.25, 0.3) is 0 Å². The van der Waals surface area contributed by atoms with Crippen LogP contribution in [0.1, 0.15) is 59.8 Å². The van der Waals surface area contributed by atoms with Crippen molar-refractivity contribution < 1.29 is 4.74 Å². The van der Waals surface area contributed by atoms with E-state index in [0.717, 1.165) is 38.3 Å². The molecule has 0 aromatic carbocycles. The van der Waals surface area contributed by atoms with E-state index in [1.807, 2.05) is 0 Å². The first kappa shape index (κ1) is 16.9. The lowest BCUT2D eigenvalue weighted by molar-refractivity contribution is -0.0776. The molecule has 0 aromatic rings. The summed E-state index contributed by atoms with van der Waals surface area (Å²) in [6.07, 6.45) is 6.15. The Morgan fingerprint density at radius 2 is 2.05 bits per heavy atom. The highest BCUT2D eigenvalue weighted by atomic mass is 16.5. The number of ether oxygens (including phenoxy) is 1. The minimum Gasteiger partial charge on any atom is -0.378 e. The number of rotatable bonds is 7. The standard InChI is InChI=1S/C16H34N2O/c1-6-7-15-11-16(12-17,8-9-19-15)18(5)14(4)10-13(2)3/h13-15H,6-12,17H2,1-5H3. The number of hydrogen-bond acceptors (Lipinski definition) is 3. The summed E-state index contributed by atoms with van der Waals surface area (Å²) in [5, 5.41) is 0. The second-order valence-corrected chi connectivity index (χ2v) is 6.75. The fourth-order valence-corrected chi connectivity index (χ4v) is 3.47. The van der Waals surface area contributed by atoms with Gasteiger partial charge in [0.2, 0.25) is 0 Å². The van der Waals surface area contributed by atoms with Gasteiger partial charge in [0.15, 0.2) is 0 Å². The average Bonchev–Trinajstić information content (AvgIpc) is 2.37.